The Hall–Kier alpha value is -3.70. The maximum absolute atomic E-state index is 13.8. The standard InChI is InChI=1S/C28H16Cl2FN3O4S2/c29-18-10-7-16(11-19(18)30)23-22(24(35)21-12-15-3-1-2-4-20(15)38-21)25(36)26(37)34(23)27-32-33-28(40-27)39-13-14-5-8-17(31)9-6-14/h1-12,23,36H,13H2. The number of aromatic nitrogens is 2. The van der Waals surface area contributed by atoms with Gasteiger partial charge in [0.2, 0.25) is 10.9 Å². The molecule has 0 saturated carbocycles. The number of aliphatic hydroxyl groups excluding tert-OH is 1. The second-order valence-corrected chi connectivity index (χ2v) is 11.7. The molecule has 0 bridgehead atoms. The molecule has 1 aliphatic heterocycles. The molecule has 1 atom stereocenters. The van der Waals surface area contributed by atoms with Gasteiger partial charge in [-0.1, -0.05) is 82.7 Å². The minimum absolute atomic E-state index is 0.0322. The van der Waals surface area contributed by atoms with Gasteiger partial charge in [-0.05, 0) is 47.5 Å². The highest BCUT2D eigenvalue weighted by Gasteiger charge is 2.47. The smallest absolute Gasteiger partial charge is 0.296 e. The molecule has 3 aromatic carbocycles. The van der Waals surface area contributed by atoms with E-state index in [1.54, 1.807) is 48.5 Å². The van der Waals surface area contributed by atoms with Gasteiger partial charge in [0, 0.05) is 11.1 Å². The second-order valence-electron chi connectivity index (χ2n) is 8.76. The molecule has 0 aliphatic carbocycles. The number of carbonyl (C=O) groups excluding carboxylic acids is 2. The van der Waals surface area contributed by atoms with Crippen molar-refractivity contribution < 1.29 is 23.5 Å². The number of fused-ring (bicyclic) bond motifs is 1. The van der Waals surface area contributed by atoms with Crippen LogP contribution in [0.15, 0.2) is 92.9 Å². The van der Waals surface area contributed by atoms with Crippen LogP contribution in [0, 0.1) is 5.82 Å². The molecule has 0 fully saturated rings. The summed E-state index contributed by atoms with van der Waals surface area (Å²) in [5, 5.41) is 20.8. The van der Waals surface area contributed by atoms with E-state index in [4.69, 9.17) is 27.6 Å². The number of rotatable bonds is 7. The molecule has 1 amide bonds. The number of furan rings is 1. The van der Waals surface area contributed by atoms with Crippen molar-refractivity contribution in [2.75, 3.05) is 4.90 Å². The van der Waals surface area contributed by atoms with E-state index in [9.17, 15) is 19.1 Å². The Kier molecular flexibility index (Phi) is 7.09. The third-order valence-corrected chi connectivity index (χ3v) is 9.10. The number of hydrogen-bond acceptors (Lipinski definition) is 8. The van der Waals surface area contributed by atoms with Crippen LogP contribution in [0.25, 0.3) is 11.0 Å². The maximum atomic E-state index is 13.8. The molecule has 7 nitrogen and oxygen atoms in total. The number of hydrogen-bond donors (Lipinski definition) is 1. The van der Waals surface area contributed by atoms with Crippen LogP contribution in [-0.2, 0) is 10.5 Å². The zero-order chi connectivity index (χ0) is 28.0. The normalized spacial score (nSPS) is 15.4. The fourth-order valence-electron chi connectivity index (χ4n) is 4.34. The SMILES string of the molecule is O=C(C1=C(O)C(=O)N(c2nnc(SCc3ccc(F)cc3)s2)C1c1ccc(Cl)c(Cl)c1)c1cc2ccccc2o1. The number of Topliss-reactive ketones (excluding diaryl/α,β-unsaturated/α-hetero) is 1. The molecule has 12 heteroatoms. The zero-order valence-electron chi connectivity index (χ0n) is 20.2. The number of para-hydroxylation sites is 1. The molecule has 5 aromatic rings. The van der Waals surface area contributed by atoms with Gasteiger partial charge in [0.15, 0.2) is 15.9 Å². The van der Waals surface area contributed by atoms with Crippen molar-refractivity contribution in [3.63, 3.8) is 0 Å². The highest BCUT2D eigenvalue weighted by atomic mass is 35.5. The third-order valence-electron chi connectivity index (χ3n) is 6.24. The van der Waals surface area contributed by atoms with Crippen molar-refractivity contribution in [3.8, 4) is 0 Å². The van der Waals surface area contributed by atoms with Gasteiger partial charge in [0.25, 0.3) is 5.91 Å². The predicted octanol–water partition coefficient (Wildman–Crippen LogP) is 7.81. The summed E-state index contributed by atoms with van der Waals surface area (Å²) in [7, 11) is 0. The van der Waals surface area contributed by atoms with Gasteiger partial charge in [-0.2, -0.15) is 0 Å². The van der Waals surface area contributed by atoms with E-state index in [-0.39, 0.29) is 32.3 Å². The van der Waals surface area contributed by atoms with Gasteiger partial charge in [0.1, 0.15) is 11.4 Å². The third kappa shape index (κ3) is 4.88. The minimum Gasteiger partial charge on any atom is -0.503 e. The van der Waals surface area contributed by atoms with E-state index in [0.717, 1.165) is 16.9 Å². The van der Waals surface area contributed by atoms with E-state index < -0.39 is 23.5 Å². The van der Waals surface area contributed by atoms with Crippen molar-refractivity contribution >= 4 is 74.1 Å². The van der Waals surface area contributed by atoms with E-state index in [1.165, 1.54) is 34.9 Å². The van der Waals surface area contributed by atoms with Crippen LogP contribution in [0.5, 0.6) is 0 Å². The lowest BCUT2D eigenvalue weighted by molar-refractivity contribution is -0.117. The van der Waals surface area contributed by atoms with Gasteiger partial charge in [-0.3, -0.25) is 14.5 Å². The molecule has 0 saturated heterocycles. The average Bonchev–Trinajstić information content (AvgIpc) is 3.66. The molecule has 200 valence electrons. The van der Waals surface area contributed by atoms with Crippen LogP contribution >= 0.6 is 46.3 Å². The van der Waals surface area contributed by atoms with E-state index >= 15 is 0 Å². The molecule has 0 spiro atoms. The predicted molar refractivity (Wildman–Crippen MR) is 153 cm³/mol. The number of benzene rings is 3. The molecule has 1 unspecified atom stereocenters. The fourth-order valence-corrected chi connectivity index (χ4v) is 6.47. The zero-order valence-corrected chi connectivity index (χ0v) is 23.3. The first-order valence-electron chi connectivity index (χ1n) is 11.8. The monoisotopic (exact) mass is 611 g/mol. The Labute approximate surface area is 244 Å². The van der Waals surface area contributed by atoms with Gasteiger partial charge >= 0.3 is 0 Å². The molecule has 0 radical (unpaired) electrons. The lowest BCUT2D eigenvalue weighted by atomic mass is 9.95. The summed E-state index contributed by atoms with van der Waals surface area (Å²) in [6.45, 7) is 0. The number of amides is 1. The Morgan fingerprint density at radius 2 is 1.82 bits per heavy atom. The first-order chi connectivity index (χ1) is 19.3. The summed E-state index contributed by atoms with van der Waals surface area (Å²) in [6.07, 6.45) is 0. The molecule has 1 N–H and O–H groups in total. The number of ketones is 1. The van der Waals surface area contributed by atoms with E-state index in [2.05, 4.69) is 10.2 Å². The van der Waals surface area contributed by atoms with Crippen LogP contribution in [0.1, 0.15) is 27.7 Å². The van der Waals surface area contributed by atoms with Crippen LogP contribution in [-0.4, -0.2) is 27.0 Å². The first-order valence-corrected chi connectivity index (χ1v) is 14.3. The summed E-state index contributed by atoms with van der Waals surface area (Å²) in [5.41, 5.74) is 1.62. The highest BCUT2D eigenvalue weighted by molar-refractivity contribution is 8.00. The second kappa shape index (κ2) is 10.7. The van der Waals surface area contributed by atoms with Gasteiger partial charge < -0.3 is 9.52 Å². The average molecular weight is 612 g/mol. The summed E-state index contributed by atoms with van der Waals surface area (Å²) < 4.78 is 19.5. The van der Waals surface area contributed by atoms with Crippen molar-refractivity contribution in [1.82, 2.24) is 10.2 Å². The van der Waals surface area contributed by atoms with Gasteiger partial charge in [0.05, 0.1) is 21.7 Å². The Bertz CT molecular complexity index is 1790. The number of anilines is 1. The number of halogens is 3. The molecular weight excluding hydrogens is 596 g/mol. The van der Waals surface area contributed by atoms with Crippen LogP contribution in [0.4, 0.5) is 9.52 Å². The van der Waals surface area contributed by atoms with Crippen molar-refractivity contribution in [2.45, 2.75) is 16.1 Å². The lowest BCUT2D eigenvalue weighted by Crippen LogP contribution is -2.31. The van der Waals surface area contributed by atoms with Crippen molar-refractivity contribution in [3.05, 3.63) is 117 Å². The molecular formula is C28H16Cl2FN3O4S2. The summed E-state index contributed by atoms with van der Waals surface area (Å²) in [5.74, 6) is -2.06. The topological polar surface area (TPSA) is 96.5 Å². The molecule has 2 aromatic heterocycles. The fraction of sp³-hybridized carbons (Fsp3) is 0.0714. The van der Waals surface area contributed by atoms with Crippen LogP contribution in [0.3, 0.4) is 0 Å². The number of thioether (sulfide) groups is 1. The van der Waals surface area contributed by atoms with Crippen LogP contribution < -0.4 is 4.90 Å². The van der Waals surface area contributed by atoms with Crippen molar-refractivity contribution in [1.29, 1.82) is 0 Å². The maximum Gasteiger partial charge on any atom is 0.296 e. The van der Waals surface area contributed by atoms with E-state index in [0.29, 0.717) is 26.6 Å². The summed E-state index contributed by atoms with van der Waals surface area (Å²) in [6, 6.07) is 18.4. The highest BCUT2D eigenvalue weighted by Crippen LogP contribution is 2.45. The number of nitrogens with zero attached hydrogens (tertiary/aromatic N) is 3. The number of aliphatic hydroxyl groups is 1. The van der Waals surface area contributed by atoms with Gasteiger partial charge in [-0.25, -0.2) is 4.39 Å². The summed E-state index contributed by atoms with van der Waals surface area (Å²) >= 11 is 14.9. The lowest BCUT2D eigenvalue weighted by Gasteiger charge is -2.24. The Morgan fingerprint density at radius 1 is 1.05 bits per heavy atom. The molecule has 1 aliphatic rings. The van der Waals surface area contributed by atoms with E-state index in [1.807, 2.05) is 6.07 Å². The first kappa shape index (κ1) is 26.5. The van der Waals surface area contributed by atoms with Crippen molar-refractivity contribution in [2.24, 2.45) is 0 Å². The molecule has 40 heavy (non-hydrogen) atoms. The number of carbonyl (C=O) groups is 2. The Balaban J connectivity index is 1.37. The quantitative estimate of drug-likeness (QED) is 0.114. The minimum atomic E-state index is -1.08. The van der Waals surface area contributed by atoms with Gasteiger partial charge in [-0.15, -0.1) is 10.2 Å². The largest absolute Gasteiger partial charge is 0.503 e. The molecule has 3 heterocycles. The Morgan fingerprint density at radius 3 is 2.58 bits per heavy atom. The molecule has 6 rings (SSSR count). The summed E-state index contributed by atoms with van der Waals surface area (Å²) in [4.78, 5) is 28.4. The van der Waals surface area contributed by atoms with Crippen LogP contribution in [0.2, 0.25) is 10.0 Å².